The topological polar surface area (TPSA) is 59.6 Å². The van der Waals surface area contributed by atoms with Gasteiger partial charge < -0.3 is 0 Å². The maximum Gasteiger partial charge on any atom is 0.121 e. The van der Waals surface area contributed by atoms with Crippen LogP contribution in [0.25, 0.3) is 0 Å². The van der Waals surface area contributed by atoms with Crippen LogP contribution in [0.2, 0.25) is 0 Å². The van der Waals surface area contributed by atoms with Crippen LogP contribution in [0.1, 0.15) is 31.0 Å². The molecule has 16 heavy (non-hydrogen) atoms. The molecule has 1 N–H and O–H groups in total. The van der Waals surface area contributed by atoms with Crippen LogP contribution in [-0.2, 0) is 0 Å². The van der Waals surface area contributed by atoms with Gasteiger partial charge in [-0.05, 0) is 30.2 Å². The van der Waals surface area contributed by atoms with E-state index in [4.69, 9.17) is 10.5 Å². The van der Waals surface area contributed by atoms with Gasteiger partial charge in [-0.1, -0.05) is 26.0 Å². The van der Waals surface area contributed by atoms with E-state index in [0.717, 1.165) is 12.1 Å². The molecule has 0 heterocycles. The van der Waals surface area contributed by atoms with Gasteiger partial charge in [-0.2, -0.15) is 10.5 Å². The van der Waals surface area contributed by atoms with Crippen molar-refractivity contribution < 1.29 is 0 Å². The fraction of sp³-hybridized carbons (Fsp3) is 0.385. The molecule has 3 heteroatoms. The maximum absolute atomic E-state index is 9.04. The molecule has 0 bridgehead atoms. The normalized spacial score (nSPS) is 11.8. The van der Waals surface area contributed by atoms with E-state index in [1.807, 2.05) is 12.1 Å². The van der Waals surface area contributed by atoms with Crippen LogP contribution in [0.3, 0.4) is 0 Å². The minimum atomic E-state index is -0.296. The minimum absolute atomic E-state index is 0.296. The van der Waals surface area contributed by atoms with Crippen molar-refractivity contribution in [1.82, 2.24) is 5.32 Å². The average molecular weight is 213 g/mol. The summed E-state index contributed by atoms with van der Waals surface area (Å²) < 4.78 is 0. The summed E-state index contributed by atoms with van der Waals surface area (Å²) in [7, 11) is 0. The molecule has 1 rings (SSSR count). The van der Waals surface area contributed by atoms with Crippen LogP contribution >= 0.6 is 0 Å². The second kappa shape index (κ2) is 5.90. The van der Waals surface area contributed by atoms with E-state index in [2.05, 4.69) is 31.3 Å². The number of hydrogen-bond acceptors (Lipinski definition) is 3. The first-order chi connectivity index (χ1) is 7.67. The molecule has 1 aromatic rings. The maximum atomic E-state index is 9.04. The van der Waals surface area contributed by atoms with Crippen molar-refractivity contribution in [3.05, 3.63) is 35.4 Å². The minimum Gasteiger partial charge on any atom is -0.298 e. The van der Waals surface area contributed by atoms with Crippen LogP contribution in [-0.4, -0.2) is 6.54 Å². The van der Waals surface area contributed by atoms with Crippen molar-refractivity contribution >= 4 is 0 Å². The Balaban J connectivity index is 2.73. The summed E-state index contributed by atoms with van der Waals surface area (Å²) in [5, 5.41) is 20.9. The van der Waals surface area contributed by atoms with Gasteiger partial charge in [0.05, 0.1) is 17.7 Å². The zero-order chi connectivity index (χ0) is 12.0. The number of hydrogen-bond donors (Lipinski definition) is 1. The first-order valence-corrected chi connectivity index (χ1v) is 5.30. The third kappa shape index (κ3) is 3.38. The highest BCUT2D eigenvalue weighted by Gasteiger charge is 2.09. The van der Waals surface area contributed by atoms with Crippen LogP contribution in [0.5, 0.6) is 0 Å². The predicted octanol–water partition coefficient (Wildman–Crippen LogP) is 2.37. The van der Waals surface area contributed by atoms with Gasteiger partial charge in [-0.3, -0.25) is 5.32 Å². The van der Waals surface area contributed by atoms with E-state index in [1.54, 1.807) is 12.1 Å². The van der Waals surface area contributed by atoms with Crippen LogP contribution in [0, 0.1) is 28.6 Å². The third-order valence-corrected chi connectivity index (χ3v) is 2.23. The quantitative estimate of drug-likeness (QED) is 0.835. The van der Waals surface area contributed by atoms with Gasteiger partial charge in [0.15, 0.2) is 0 Å². The Hall–Kier alpha value is -1.84. The Labute approximate surface area is 96.3 Å². The predicted molar refractivity (Wildman–Crippen MR) is 62.4 cm³/mol. The summed E-state index contributed by atoms with van der Waals surface area (Å²) in [6.45, 7) is 5.00. The van der Waals surface area contributed by atoms with Crippen LogP contribution in [0.15, 0.2) is 24.3 Å². The Morgan fingerprint density at radius 1 is 1.19 bits per heavy atom. The number of benzene rings is 1. The highest BCUT2D eigenvalue weighted by Crippen LogP contribution is 2.13. The van der Waals surface area contributed by atoms with Crippen molar-refractivity contribution in [1.29, 1.82) is 10.5 Å². The van der Waals surface area contributed by atoms with Crippen LogP contribution in [0.4, 0.5) is 0 Å². The molecular weight excluding hydrogens is 198 g/mol. The van der Waals surface area contributed by atoms with Gasteiger partial charge in [0.1, 0.15) is 6.04 Å². The molecule has 82 valence electrons. The van der Waals surface area contributed by atoms with Crippen molar-refractivity contribution in [2.45, 2.75) is 19.9 Å². The van der Waals surface area contributed by atoms with Crippen molar-refractivity contribution in [2.75, 3.05) is 6.54 Å². The molecule has 3 nitrogen and oxygen atoms in total. The van der Waals surface area contributed by atoms with Gasteiger partial charge in [-0.25, -0.2) is 0 Å². The van der Waals surface area contributed by atoms with Crippen LogP contribution < -0.4 is 5.32 Å². The molecular formula is C13H15N3. The molecule has 0 spiro atoms. The lowest BCUT2D eigenvalue weighted by Gasteiger charge is -2.13. The number of nitrogens with zero attached hydrogens (tertiary/aromatic N) is 2. The van der Waals surface area contributed by atoms with Gasteiger partial charge in [0, 0.05) is 0 Å². The standard InChI is InChI=1S/C13H15N3/c1-10(2)9-16-13(8-15)12-5-3-11(7-14)4-6-12/h3-6,10,13,16H,9H2,1-2H3. The van der Waals surface area contributed by atoms with E-state index >= 15 is 0 Å². The van der Waals surface area contributed by atoms with E-state index in [0.29, 0.717) is 11.5 Å². The lowest BCUT2D eigenvalue weighted by Crippen LogP contribution is -2.24. The molecule has 0 fully saturated rings. The molecule has 1 aromatic carbocycles. The lowest BCUT2D eigenvalue weighted by molar-refractivity contribution is 0.525. The average Bonchev–Trinajstić information content (AvgIpc) is 2.30. The molecule has 0 aliphatic heterocycles. The summed E-state index contributed by atoms with van der Waals surface area (Å²) in [6.07, 6.45) is 0. The number of nitrogens with one attached hydrogen (secondary N) is 1. The van der Waals surface area contributed by atoms with E-state index < -0.39 is 0 Å². The summed E-state index contributed by atoms with van der Waals surface area (Å²) in [4.78, 5) is 0. The number of rotatable bonds is 4. The molecule has 0 aliphatic carbocycles. The largest absolute Gasteiger partial charge is 0.298 e. The second-order valence-corrected chi connectivity index (χ2v) is 4.10. The van der Waals surface area contributed by atoms with Gasteiger partial charge >= 0.3 is 0 Å². The Morgan fingerprint density at radius 3 is 2.25 bits per heavy atom. The summed E-state index contributed by atoms with van der Waals surface area (Å²) >= 11 is 0. The summed E-state index contributed by atoms with van der Waals surface area (Å²) in [6, 6.07) is 11.1. The number of nitriles is 2. The SMILES string of the molecule is CC(C)CNC(C#N)c1ccc(C#N)cc1. The Bertz CT molecular complexity index is 406. The lowest BCUT2D eigenvalue weighted by atomic mass is 10.1. The fourth-order valence-corrected chi connectivity index (χ4v) is 1.34. The smallest absolute Gasteiger partial charge is 0.121 e. The monoisotopic (exact) mass is 213 g/mol. The fourth-order valence-electron chi connectivity index (χ4n) is 1.34. The van der Waals surface area contributed by atoms with Gasteiger partial charge in [-0.15, -0.1) is 0 Å². The molecule has 0 amide bonds. The van der Waals surface area contributed by atoms with Gasteiger partial charge in [0.25, 0.3) is 0 Å². The Morgan fingerprint density at radius 2 is 1.81 bits per heavy atom. The molecule has 0 aromatic heterocycles. The van der Waals surface area contributed by atoms with E-state index in [1.165, 1.54) is 0 Å². The van der Waals surface area contributed by atoms with Crippen molar-refractivity contribution in [3.8, 4) is 12.1 Å². The molecule has 1 unspecified atom stereocenters. The third-order valence-electron chi connectivity index (χ3n) is 2.23. The summed E-state index contributed by atoms with van der Waals surface area (Å²) in [5.41, 5.74) is 1.52. The van der Waals surface area contributed by atoms with E-state index in [-0.39, 0.29) is 6.04 Å². The molecule has 0 aliphatic rings. The zero-order valence-corrected chi connectivity index (χ0v) is 9.57. The molecule has 0 saturated carbocycles. The second-order valence-electron chi connectivity index (χ2n) is 4.10. The highest BCUT2D eigenvalue weighted by molar-refractivity contribution is 5.34. The molecule has 0 radical (unpaired) electrons. The first kappa shape index (κ1) is 12.2. The molecule has 1 atom stereocenters. The molecule has 0 saturated heterocycles. The highest BCUT2D eigenvalue weighted by atomic mass is 14.9. The van der Waals surface area contributed by atoms with Gasteiger partial charge in [0.2, 0.25) is 0 Å². The van der Waals surface area contributed by atoms with E-state index in [9.17, 15) is 0 Å². The summed E-state index contributed by atoms with van der Waals surface area (Å²) in [5.74, 6) is 0.509. The Kier molecular flexibility index (Phi) is 4.51. The van der Waals surface area contributed by atoms with Crippen molar-refractivity contribution in [3.63, 3.8) is 0 Å². The first-order valence-electron chi connectivity index (χ1n) is 5.30. The zero-order valence-electron chi connectivity index (χ0n) is 9.57. The van der Waals surface area contributed by atoms with Crippen molar-refractivity contribution in [2.24, 2.45) is 5.92 Å².